The molecule has 330 valence electrons. The van der Waals surface area contributed by atoms with Crippen molar-refractivity contribution in [3.05, 3.63) is 258 Å². The summed E-state index contributed by atoms with van der Waals surface area (Å²) in [6.07, 6.45) is 7.35. The second-order valence-electron chi connectivity index (χ2n) is 16.7. The van der Waals surface area contributed by atoms with E-state index in [4.69, 9.17) is 12.3 Å². The fourth-order valence-corrected chi connectivity index (χ4v) is 8.56. The first-order chi connectivity index (χ1) is 36.5. The Kier molecular flexibility index (Phi) is 11.1. The van der Waals surface area contributed by atoms with Gasteiger partial charge in [-0.25, -0.2) is 0 Å². The van der Waals surface area contributed by atoms with E-state index >= 15 is 0 Å². The van der Waals surface area contributed by atoms with Gasteiger partial charge in [-0.1, -0.05) is 162 Å². The fourth-order valence-electron chi connectivity index (χ4n) is 8.56. The van der Waals surface area contributed by atoms with Gasteiger partial charge in [0.2, 0.25) is 0 Å². The first-order valence-electron chi connectivity index (χ1n) is 26.9. The molecule has 3 heterocycles. The Morgan fingerprint density at radius 1 is 0.368 bits per heavy atom. The first kappa shape index (κ1) is 35.8. The van der Waals surface area contributed by atoms with Gasteiger partial charge in [0.05, 0.1) is 0 Å². The maximum atomic E-state index is 8.10. The van der Waals surface area contributed by atoms with Crippen LogP contribution in [0.2, 0.25) is 0 Å². The van der Waals surface area contributed by atoms with E-state index < -0.39 is 20.6 Å². The van der Waals surface area contributed by atoms with Gasteiger partial charge in [-0.15, -0.1) is 94.5 Å². The average Bonchev–Trinajstić information content (AvgIpc) is 3.45. The molecule has 0 saturated heterocycles. The zero-order valence-electron chi connectivity index (χ0n) is 46.1. The molecule has 0 aliphatic rings. The van der Waals surface area contributed by atoms with Gasteiger partial charge in [-0.3, -0.25) is 0 Å². The topological polar surface area (TPSA) is 38.7 Å². The molecule has 0 bridgehead atoms. The third kappa shape index (κ3) is 10.7. The summed E-state index contributed by atoms with van der Waals surface area (Å²) in [5.74, 6) is 0. The van der Waals surface area contributed by atoms with Gasteiger partial charge < -0.3 is 15.0 Å². The van der Waals surface area contributed by atoms with Crippen LogP contribution in [-0.2, 0) is 45.8 Å². The van der Waals surface area contributed by atoms with Gasteiger partial charge in [0.25, 0.3) is 0 Å². The van der Waals surface area contributed by atoms with E-state index in [1.54, 1.807) is 36.5 Å². The minimum Gasteiger partial charge on any atom is -0.305 e. The van der Waals surface area contributed by atoms with Crippen LogP contribution in [0.5, 0.6) is 0 Å². The molecule has 0 spiro atoms. The van der Waals surface area contributed by atoms with E-state index in [0.717, 1.165) is 92.4 Å². The summed E-state index contributed by atoms with van der Waals surface area (Å²) < 4.78 is 70.6. The van der Waals surface area contributed by atoms with Gasteiger partial charge in [0.15, 0.2) is 0 Å². The van der Waals surface area contributed by atoms with E-state index in [1.807, 2.05) is 48.5 Å². The van der Waals surface area contributed by atoms with Crippen LogP contribution in [-0.4, -0.2) is 15.0 Å². The van der Waals surface area contributed by atoms with Crippen molar-refractivity contribution in [3.8, 4) is 78.3 Å². The second-order valence-corrected chi connectivity index (χ2v) is 16.7. The van der Waals surface area contributed by atoms with Crippen LogP contribution < -0.4 is 0 Å². The Morgan fingerprint density at radius 2 is 0.926 bits per heavy atom. The van der Waals surface area contributed by atoms with Gasteiger partial charge in [-0.05, 0) is 107 Å². The molecule has 4 heteroatoms. The standard InChI is InChI=1S/C64H50N3.Ir/c1-44-35-36-65-64(37-44)56-31-32-60(61(41-56)53-29-27-52(28-30-53)51-9-5-4-6-10-51)59-12-8-7-11-58(59)57-39-49(17-15-47-19-23-54(24-20-47)62-33-13-45(2)42-66-62)38-50(40-57)18-16-48-21-25-55(26-22-48)63-34-14-46(3)43-67-63;/h4-14,19-23,25,27-30,32-43H,15-18H2,1-3H3;/q-3;+3/i1D3,2D3,3D3;. The van der Waals surface area contributed by atoms with Crippen molar-refractivity contribution >= 4 is 0 Å². The van der Waals surface area contributed by atoms with Crippen LogP contribution in [0.3, 0.4) is 0 Å². The van der Waals surface area contributed by atoms with E-state index in [1.165, 1.54) is 29.6 Å². The molecule has 0 amide bonds. The molecule has 0 unspecified atom stereocenters. The molecule has 0 atom stereocenters. The summed E-state index contributed by atoms with van der Waals surface area (Å²) >= 11 is 0. The van der Waals surface area contributed by atoms with Crippen LogP contribution in [0.1, 0.15) is 51.3 Å². The van der Waals surface area contributed by atoms with Crippen molar-refractivity contribution in [2.24, 2.45) is 0 Å². The molecule has 0 aliphatic heterocycles. The molecular formula is C64H50IrN3. The predicted molar refractivity (Wildman–Crippen MR) is 276 cm³/mol. The van der Waals surface area contributed by atoms with E-state index in [0.29, 0.717) is 22.6 Å². The monoisotopic (exact) mass is 1060 g/mol. The summed E-state index contributed by atoms with van der Waals surface area (Å²) in [5, 5.41) is 0. The number of aryl methyl sites for hydroxylation is 7. The Bertz CT molecular complexity index is 3490. The van der Waals surface area contributed by atoms with E-state index in [-0.39, 0.29) is 36.8 Å². The van der Waals surface area contributed by atoms with E-state index in [9.17, 15) is 0 Å². The summed E-state index contributed by atoms with van der Waals surface area (Å²) in [4.78, 5) is 13.4. The van der Waals surface area contributed by atoms with Crippen molar-refractivity contribution < 1.29 is 32.4 Å². The fraction of sp³-hybridized carbons (Fsp3) is 0.109. The van der Waals surface area contributed by atoms with Gasteiger partial charge in [-0.2, -0.15) is 0 Å². The Hall–Kier alpha value is -7.36. The molecule has 0 saturated carbocycles. The van der Waals surface area contributed by atoms with Crippen LogP contribution in [0, 0.1) is 38.8 Å². The van der Waals surface area contributed by atoms with Crippen LogP contribution in [0.15, 0.2) is 201 Å². The first-order valence-corrected chi connectivity index (χ1v) is 22.4. The smallest absolute Gasteiger partial charge is 0.305 e. The number of benzene rings is 7. The van der Waals surface area contributed by atoms with Crippen molar-refractivity contribution in [1.29, 1.82) is 0 Å². The molecule has 0 fully saturated rings. The molecule has 0 N–H and O–H groups in total. The Morgan fingerprint density at radius 3 is 1.50 bits per heavy atom. The molecular weight excluding hydrogens is 1000 g/mol. The van der Waals surface area contributed by atoms with Crippen LogP contribution >= 0.6 is 0 Å². The number of hydrogen-bond acceptors (Lipinski definition) is 3. The summed E-state index contributed by atoms with van der Waals surface area (Å²) in [6, 6.07) is 70.2. The van der Waals surface area contributed by atoms with Crippen molar-refractivity contribution in [3.63, 3.8) is 0 Å². The molecule has 10 aromatic rings. The molecule has 10 rings (SSSR count). The number of hydrogen-bond donors (Lipinski definition) is 0. The minimum absolute atomic E-state index is 0. The zero-order chi connectivity index (χ0) is 53.0. The number of nitrogens with zero attached hydrogens (tertiary/aromatic N) is 3. The number of pyridine rings is 3. The molecule has 0 aliphatic carbocycles. The quantitative estimate of drug-likeness (QED) is 0.108. The Balaban J connectivity index is 0.00000722. The zero-order valence-corrected chi connectivity index (χ0v) is 39.5. The molecule has 0 radical (unpaired) electrons. The Labute approximate surface area is 427 Å². The van der Waals surface area contributed by atoms with Gasteiger partial charge >= 0.3 is 20.1 Å². The van der Waals surface area contributed by atoms with Crippen molar-refractivity contribution in [2.45, 2.75) is 46.2 Å². The summed E-state index contributed by atoms with van der Waals surface area (Å²) in [7, 11) is 0. The average molecular weight is 1060 g/mol. The third-order valence-corrected chi connectivity index (χ3v) is 12.1. The van der Waals surface area contributed by atoms with Gasteiger partial charge in [0, 0.05) is 30.9 Å². The maximum Gasteiger partial charge on any atom is 3.00 e. The molecule has 3 nitrogen and oxygen atoms in total. The molecule has 3 aromatic heterocycles. The van der Waals surface area contributed by atoms with Crippen molar-refractivity contribution in [2.75, 3.05) is 0 Å². The second kappa shape index (κ2) is 21.1. The summed E-state index contributed by atoms with van der Waals surface area (Å²) in [5.41, 5.74) is 17.4. The van der Waals surface area contributed by atoms with Crippen LogP contribution in [0.25, 0.3) is 78.3 Å². The van der Waals surface area contributed by atoms with E-state index in [2.05, 4.69) is 130 Å². The van der Waals surface area contributed by atoms with Crippen molar-refractivity contribution in [1.82, 2.24) is 15.0 Å². The largest absolute Gasteiger partial charge is 3.00 e. The number of rotatable bonds is 13. The van der Waals surface area contributed by atoms with Crippen LogP contribution in [0.4, 0.5) is 0 Å². The maximum absolute atomic E-state index is 8.10. The third-order valence-electron chi connectivity index (χ3n) is 12.1. The van der Waals surface area contributed by atoms with Gasteiger partial charge in [0.1, 0.15) is 0 Å². The predicted octanol–water partition coefficient (Wildman–Crippen LogP) is 15.4. The molecule has 68 heavy (non-hydrogen) atoms. The molecule has 7 aromatic carbocycles. The summed E-state index contributed by atoms with van der Waals surface area (Å²) in [6.45, 7) is -6.74. The minimum atomic E-state index is -2.29. The number of aromatic nitrogens is 3. The normalized spacial score (nSPS) is 13.5. The SMILES string of the molecule is [2H]C([2H])([2H])c1ccc(-c2[c-]cc(CCc3cc(CCc4c[c-]c(-c5ccc(C([2H])([2H])[2H])cn5)cc4)cc(-c4ccccc4-c4c[c-]c(-c5cc(C([2H])([2H])[2H])ccn5)cc4-c4ccc(-c5ccccc5)cc4)c3)cc2)nc1.[Ir+3].